The number of aliphatic hydroxyl groups excluding tert-OH is 2. The van der Waals surface area contributed by atoms with Crippen LogP contribution in [0.25, 0.3) is 11.2 Å². The summed E-state index contributed by atoms with van der Waals surface area (Å²) in [5, 5.41) is 20.9. The lowest BCUT2D eigenvalue weighted by atomic mass is 10.1. The van der Waals surface area contributed by atoms with Gasteiger partial charge in [-0.3, -0.25) is 4.57 Å². The van der Waals surface area contributed by atoms with Gasteiger partial charge in [0.2, 0.25) is 0 Å². The lowest BCUT2D eigenvalue weighted by molar-refractivity contribution is -0.0682. The summed E-state index contributed by atoms with van der Waals surface area (Å²) >= 11 is 0. The number of aromatic nitrogens is 4. The van der Waals surface area contributed by atoms with Gasteiger partial charge >= 0.3 is 0 Å². The highest BCUT2D eigenvalue weighted by molar-refractivity contribution is 5.83. The van der Waals surface area contributed by atoms with Crippen molar-refractivity contribution in [2.45, 2.75) is 31.1 Å². The van der Waals surface area contributed by atoms with E-state index in [-0.39, 0.29) is 6.61 Å². The molecule has 0 saturated carbocycles. The lowest BCUT2D eigenvalue weighted by Gasteiger charge is -2.17. The predicted octanol–water partition coefficient (Wildman–Crippen LogP) is 0.728. The molecule has 4 rings (SSSR count). The number of benzene rings is 1. The van der Waals surface area contributed by atoms with Gasteiger partial charge < -0.3 is 24.6 Å². The Balaban J connectivity index is 1.49. The number of aliphatic hydroxyl groups is 2. The van der Waals surface area contributed by atoms with Crippen molar-refractivity contribution >= 4 is 17.0 Å². The largest absolute Gasteiger partial charge is 0.387 e. The van der Waals surface area contributed by atoms with Crippen molar-refractivity contribution < 1.29 is 19.7 Å². The molecule has 3 heterocycles. The zero-order valence-electron chi connectivity index (χ0n) is 15.7. The van der Waals surface area contributed by atoms with E-state index in [2.05, 4.69) is 15.0 Å². The first-order chi connectivity index (χ1) is 13.6. The predicted molar refractivity (Wildman–Crippen MR) is 102 cm³/mol. The SMILES string of the molecule is CN(C)c1ncnc2c1ncn2C1OC(COCc2ccccc2)C(O)C1O. The van der Waals surface area contributed by atoms with Gasteiger partial charge in [0.25, 0.3) is 0 Å². The topological polar surface area (TPSA) is 106 Å². The maximum atomic E-state index is 10.5. The second-order valence-electron chi connectivity index (χ2n) is 6.96. The molecule has 0 spiro atoms. The smallest absolute Gasteiger partial charge is 0.167 e. The number of anilines is 1. The molecule has 0 aliphatic carbocycles. The summed E-state index contributed by atoms with van der Waals surface area (Å²) in [5.41, 5.74) is 2.16. The lowest BCUT2D eigenvalue weighted by Crippen LogP contribution is -2.33. The van der Waals surface area contributed by atoms with E-state index >= 15 is 0 Å². The van der Waals surface area contributed by atoms with E-state index in [0.717, 1.165) is 5.56 Å². The van der Waals surface area contributed by atoms with Crippen LogP contribution in [0, 0.1) is 0 Å². The Hall–Kier alpha value is -2.59. The quantitative estimate of drug-likeness (QED) is 0.640. The maximum Gasteiger partial charge on any atom is 0.167 e. The normalized spacial score (nSPS) is 24.7. The van der Waals surface area contributed by atoms with Gasteiger partial charge in [0.1, 0.15) is 24.6 Å². The Morgan fingerprint density at radius 3 is 2.64 bits per heavy atom. The molecule has 4 unspecified atom stereocenters. The zero-order chi connectivity index (χ0) is 19.7. The summed E-state index contributed by atoms with van der Waals surface area (Å²) in [4.78, 5) is 14.7. The molecule has 1 saturated heterocycles. The number of ether oxygens (including phenoxy) is 2. The van der Waals surface area contributed by atoms with Crippen molar-refractivity contribution in [2.75, 3.05) is 25.6 Å². The Morgan fingerprint density at radius 2 is 1.89 bits per heavy atom. The van der Waals surface area contributed by atoms with Crippen LogP contribution in [0.3, 0.4) is 0 Å². The molecule has 9 nitrogen and oxygen atoms in total. The molecule has 1 aliphatic heterocycles. The van der Waals surface area contributed by atoms with E-state index in [4.69, 9.17) is 9.47 Å². The minimum absolute atomic E-state index is 0.161. The molecule has 2 aromatic heterocycles. The highest BCUT2D eigenvalue weighted by atomic mass is 16.6. The van der Waals surface area contributed by atoms with Gasteiger partial charge in [0.05, 0.1) is 19.5 Å². The van der Waals surface area contributed by atoms with E-state index in [1.54, 1.807) is 10.9 Å². The summed E-state index contributed by atoms with van der Waals surface area (Å²) < 4.78 is 13.2. The van der Waals surface area contributed by atoms with Crippen LogP contribution >= 0.6 is 0 Å². The van der Waals surface area contributed by atoms with Crippen LogP contribution in [0.5, 0.6) is 0 Å². The number of nitrogens with zero attached hydrogens (tertiary/aromatic N) is 5. The highest BCUT2D eigenvalue weighted by Gasteiger charge is 2.44. The number of hydrogen-bond donors (Lipinski definition) is 2. The van der Waals surface area contributed by atoms with Gasteiger partial charge in [-0.2, -0.15) is 0 Å². The summed E-state index contributed by atoms with van der Waals surface area (Å²) in [6, 6.07) is 9.74. The standard InChI is InChI=1S/C19H23N5O4/c1-23(2)17-14-18(21-10-20-17)24(11-22-14)19-16(26)15(25)13(28-19)9-27-8-12-6-4-3-5-7-12/h3-7,10-11,13,15-16,19,25-26H,8-9H2,1-2H3. The molecule has 0 bridgehead atoms. The summed E-state index contributed by atoms with van der Waals surface area (Å²) in [7, 11) is 3.73. The van der Waals surface area contributed by atoms with Gasteiger partial charge in [-0.15, -0.1) is 0 Å². The van der Waals surface area contributed by atoms with Crippen molar-refractivity contribution in [3.05, 3.63) is 48.5 Å². The first kappa shape index (κ1) is 18.8. The first-order valence-corrected chi connectivity index (χ1v) is 9.04. The number of hydrogen-bond acceptors (Lipinski definition) is 8. The second-order valence-corrected chi connectivity index (χ2v) is 6.96. The zero-order valence-corrected chi connectivity index (χ0v) is 15.7. The van der Waals surface area contributed by atoms with Crippen molar-refractivity contribution in [3.63, 3.8) is 0 Å². The van der Waals surface area contributed by atoms with Gasteiger partial charge in [-0.25, -0.2) is 15.0 Å². The minimum atomic E-state index is -1.12. The summed E-state index contributed by atoms with van der Waals surface area (Å²) in [5.74, 6) is 0.666. The monoisotopic (exact) mass is 385 g/mol. The molecule has 28 heavy (non-hydrogen) atoms. The highest BCUT2D eigenvalue weighted by Crippen LogP contribution is 2.32. The van der Waals surface area contributed by atoms with Crippen LogP contribution in [0.15, 0.2) is 43.0 Å². The molecule has 1 fully saturated rings. The van der Waals surface area contributed by atoms with Crippen LogP contribution in [-0.4, -0.2) is 68.7 Å². The number of rotatable bonds is 6. The molecular formula is C19H23N5O4. The van der Waals surface area contributed by atoms with E-state index in [1.807, 2.05) is 49.3 Å². The Kier molecular flexibility index (Phi) is 5.23. The molecular weight excluding hydrogens is 362 g/mol. The van der Waals surface area contributed by atoms with Crippen molar-refractivity contribution in [1.29, 1.82) is 0 Å². The fourth-order valence-electron chi connectivity index (χ4n) is 3.32. The number of imidazole rings is 1. The van der Waals surface area contributed by atoms with Crippen LogP contribution in [-0.2, 0) is 16.1 Å². The Bertz CT molecular complexity index is 932. The van der Waals surface area contributed by atoms with Crippen molar-refractivity contribution in [2.24, 2.45) is 0 Å². The van der Waals surface area contributed by atoms with Gasteiger partial charge in [0.15, 0.2) is 23.2 Å². The first-order valence-electron chi connectivity index (χ1n) is 9.04. The van der Waals surface area contributed by atoms with E-state index in [9.17, 15) is 10.2 Å². The molecule has 0 amide bonds. The third kappa shape index (κ3) is 3.45. The molecule has 2 N–H and O–H groups in total. The molecule has 148 valence electrons. The average molecular weight is 385 g/mol. The fourth-order valence-corrected chi connectivity index (χ4v) is 3.32. The summed E-state index contributed by atoms with van der Waals surface area (Å²) in [6.45, 7) is 0.565. The van der Waals surface area contributed by atoms with Crippen LogP contribution in [0.2, 0.25) is 0 Å². The van der Waals surface area contributed by atoms with E-state index in [0.29, 0.717) is 23.6 Å². The van der Waals surface area contributed by atoms with Crippen LogP contribution in [0.4, 0.5) is 5.82 Å². The fraction of sp³-hybridized carbons (Fsp3) is 0.421. The van der Waals surface area contributed by atoms with Crippen LogP contribution in [0.1, 0.15) is 11.8 Å². The Morgan fingerprint density at radius 1 is 1.11 bits per heavy atom. The maximum absolute atomic E-state index is 10.5. The van der Waals surface area contributed by atoms with Crippen molar-refractivity contribution in [1.82, 2.24) is 19.5 Å². The van der Waals surface area contributed by atoms with Gasteiger partial charge in [0, 0.05) is 14.1 Å². The molecule has 0 radical (unpaired) electrons. The van der Waals surface area contributed by atoms with E-state index < -0.39 is 24.5 Å². The third-order valence-corrected chi connectivity index (χ3v) is 4.77. The summed E-state index contributed by atoms with van der Waals surface area (Å²) in [6.07, 6.45) is -0.686. The Labute approximate surface area is 162 Å². The van der Waals surface area contributed by atoms with Gasteiger partial charge in [-0.1, -0.05) is 30.3 Å². The van der Waals surface area contributed by atoms with Crippen LogP contribution < -0.4 is 4.90 Å². The third-order valence-electron chi connectivity index (χ3n) is 4.77. The average Bonchev–Trinajstić information content (AvgIpc) is 3.25. The minimum Gasteiger partial charge on any atom is -0.387 e. The van der Waals surface area contributed by atoms with Gasteiger partial charge in [-0.05, 0) is 5.56 Å². The van der Waals surface area contributed by atoms with Crippen molar-refractivity contribution in [3.8, 4) is 0 Å². The molecule has 4 atom stereocenters. The molecule has 9 heteroatoms. The molecule has 3 aromatic rings. The van der Waals surface area contributed by atoms with E-state index in [1.165, 1.54) is 6.33 Å². The second kappa shape index (κ2) is 7.80. The number of fused-ring (bicyclic) bond motifs is 1. The molecule has 1 aliphatic rings. The molecule has 1 aromatic carbocycles.